The minimum atomic E-state index is 0.448. The molecule has 0 aliphatic rings. The van der Waals surface area contributed by atoms with Crippen molar-refractivity contribution >= 4 is 11.8 Å². The van der Waals surface area contributed by atoms with Gasteiger partial charge in [0.25, 0.3) is 0 Å². The Labute approximate surface area is 116 Å². The maximum atomic E-state index is 5.16. The fraction of sp³-hybridized carbons (Fsp3) is 0.600. The third-order valence-electron chi connectivity index (χ3n) is 3.00. The van der Waals surface area contributed by atoms with Gasteiger partial charge in [0.15, 0.2) is 0 Å². The van der Waals surface area contributed by atoms with Crippen molar-refractivity contribution in [1.82, 2.24) is 5.32 Å². The highest BCUT2D eigenvalue weighted by Crippen LogP contribution is 2.28. The molecule has 0 saturated carbocycles. The molecule has 0 heterocycles. The Balaban J connectivity index is 2.72. The summed E-state index contributed by atoms with van der Waals surface area (Å²) in [6.45, 7) is 4.12. The van der Waals surface area contributed by atoms with Crippen molar-refractivity contribution in [3.63, 3.8) is 0 Å². The predicted molar refractivity (Wildman–Crippen MR) is 80.4 cm³/mol. The third kappa shape index (κ3) is 5.01. The molecule has 0 radical (unpaired) electrons. The molecule has 1 atom stereocenters. The van der Waals surface area contributed by atoms with Crippen molar-refractivity contribution in [2.24, 2.45) is 0 Å². The summed E-state index contributed by atoms with van der Waals surface area (Å²) in [7, 11) is 1.77. The highest BCUT2D eigenvalue weighted by Gasteiger charge is 2.13. The Morgan fingerprint density at radius 2 is 2.11 bits per heavy atom. The van der Waals surface area contributed by atoms with E-state index < -0.39 is 0 Å². The highest BCUT2D eigenvalue weighted by molar-refractivity contribution is 7.98. The van der Waals surface area contributed by atoms with Gasteiger partial charge in [-0.05, 0) is 43.7 Å². The fourth-order valence-electron chi connectivity index (χ4n) is 2.07. The largest absolute Gasteiger partial charge is 0.385 e. The van der Waals surface area contributed by atoms with E-state index in [0.717, 1.165) is 26.0 Å². The summed E-state index contributed by atoms with van der Waals surface area (Å²) in [4.78, 5) is 1.38. The number of ether oxygens (including phenoxy) is 1. The molecular formula is C15H25NOS. The second-order valence-electron chi connectivity index (χ2n) is 4.38. The molecule has 1 aromatic carbocycles. The third-order valence-corrected chi connectivity index (χ3v) is 3.81. The van der Waals surface area contributed by atoms with Crippen LogP contribution in [0, 0.1) is 0 Å². The molecule has 0 aromatic heterocycles. The number of benzene rings is 1. The second-order valence-corrected chi connectivity index (χ2v) is 5.23. The first kappa shape index (κ1) is 15.5. The molecular weight excluding hydrogens is 242 g/mol. The molecule has 2 nitrogen and oxygen atoms in total. The normalized spacial score (nSPS) is 12.6. The van der Waals surface area contributed by atoms with Crippen LogP contribution in [0.2, 0.25) is 0 Å². The molecule has 102 valence electrons. The lowest BCUT2D eigenvalue weighted by Gasteiger charge is -2.21. The number of hydrogen-bond donors (Lipinski definition) is 1. The Morgan fingerprint density at radius 1 is 1.33 bits per heavy atom. The van der Waals surface area contributed by atoms with Crippen LogP contribution in [0.4, 0.5) is 0 Å². The van der Waals surface area contributed by atoms with E-state index in [2.05, 4.69) is 42.8 Å². The summed E-state index contributed by atoms with van der Waals surface area (Å²) in [5.41, 5.74) is 1.43. The molecule has 0 fully saturated rings. The van der Waals surface area contributed by atoms with Crippen LogP contribution < -0.4 is 5.32 Å². The Kier molecular flexibility index (Phi) is 8.14. The van der Waals surface area contributed by atoms with Crippen molar-refractivity contribution in [3.8, 4) is 0 Å². The molecule has 1 aromatic rings. The average Bonchev–Trinajstić information content (AvgIpc) is 2.42. The van der Waals surface area contributed by atoms with Crippen molar-refractivity contribution in [1.29, 1.82) is 0 Å². The van der Waals surface area contributed by atoms with Crippen LogP contribution in [0.3, 0.4) is 0 Å². The van der Waals surface area contributed by atoms with E-state index in [0.29, 0.717) is 6.04 Å². The second kappa shape index (κ2) is 9.42. The van der Waals surface area contributed by atoms with E-state index >= 15 is 0 Å². The maximum Gasteiger partial charge on any atom is 0.0462 e. The molecule has 3 heteroatoms. The van der Waals surface area contributed by atoms with Crippen molar-refractivity contribution in [2.75, 3.05) is 26.5 Å². The van der Waals surface area contributed by atoms with Crippen LogP contribution in [-0.4, -0.2) is 26.5 Å². The van der Waals surface area contributed by atoms with Gasteiger partial charge in [-0.25, -0.2) is 0 Å². The number of methoxy groups -OCH3 is 1. The molecule has 0 bridgehead atoms. The topological polar surface area (TPSA) is 21.3 Å². The lowest BCUT2D eigenvalue weighted by Crippen LogP contribution is -2.23. The number of thioether (sulfide) groups is 1. The van der Waals surface area contributed by atoms with Gasteiger partial charge in [-0.2, -0.15) is 0 Å². The SMILES string of the molecule is CCCNC(CCCOC)c1ccccc1SC. The van der Waals surface area contributed by atoms with Gasteiger partial charge in [0.2, 0.25) is 0 Å². The van der Waals surface area contributed by atoms with Crippen LogP contribution in [-0.2, 0) is 4.74 Å². The molecule has 1 N–H and O–H groups in total. The highest BCUT2D eigenvalue weighted by atomic mass is 32.2. The van der Waals surface area contributed by atoms with E-state index in [1.165, 1.54) is 16.9 Å². The van der Waals surface area contributed by atoms with Crippen molar-refractivity contribution in [2.45, 2.75) is 37.1 Å². The zero-order valence-corrected chi connectivity index (χ0v) is 12.6. The summed E-state index contributed by atoms with van der Waals surface area (Å²) in [5.74, 6) is 0. The molecule has 0 saturated heterocycles. The van der Waals surface area contributed by atoms with Crippen LogP contribution in [0.15, 0.2) is 29.2 Å². The van der Waals surface area contributed by atoms with E-state index in [1.54, 1.807) is 7.11 Å². The van der Waals surface area contributed by atoms with Gasteiger partial charge in [0, 0.05) is 24.7 Å². The molecule has 0 aliphatic carbocycles. The van der Waals surface area contributed by atoms with Crippen LogP contribution >= 0.6 is 11.8 Å². The molecule has 0 amide bonds. The molecule has 1 rings (SSSR count). The molecule has 1 unspecified atom stereocenters. The Morgan fingerprint density at radius 3 is 2.78 bits per heavy atom. The number of nitrogens with one attached hydrogen (secondary N) is 1. The van der Waals surface area contributed by atoms with Crippen LogP contribution in [0.1, 0.15) is 37.8 Å². The Hall–Kier alpha value is -0.510. The van der Waals surface area contributed by atoms with E-state index in [9.17, 15) is 0 Å². The van der Waals surface area contributed by atoms with E-state index in [1.807, 2.05) is 11.8 Å². The molecule has 0 aliphatic heterocycles. The fourth-order valence-corrected chi connectivity index (χ4v) is 2.73. The minimum Gasteiger partial charge on any atom is -0.385 e. The van der Waals surface area contributed by atoms with E-state index in [4.69, 9.17) is 4.74 Å². The lowest BCUT2D eigenvalue weighted by atomic mass is 10.0. The minimum absolute atomic E-state index is 0.448. The maximum absolute atomic E-state index is 5.16. The van der Waals surface area contributed by atoms with Gasteiger partial charge in [0.1, 0.15) is 0 Å². The zero-order chi connectivity index (χ0) is 13.2. The van der Waals surface area contributed by atoms with Gasteiger partial charge in [-0.15, -0.1) is 11.8 Å². The van der Waals surface area contributed by atoms with Crippen LogP contribution in [0.5, 0.6) is 0 Å². The number of hydrogen-bond acceptors (Lipinski definition) is 3. The summed E-state index contributed by atoms with van der Waals surface area (Å²) in [6.07, 6.45) is 5.54. The standard InChI is InChI=1S/C15H25NOS/c1-4-11-16-14(9-7-12-17-2)13-8-5-6-10-15(13)18-3/h5-6,8,10,14,16H,4,7,9,11-12H2,1-3H3. The summed E-state index contributed by atoms with van der Waals surface area (Å²) in [6, 6.07) is 9.14. The van der Waals surface area contributed by atoms with Crippen LogP contribution in [0.25, 0.3) is 0 Å². The smallest absolute Gasteiger partial charge is 0.0462 e. The first-order valence-electron chi connectivity index (χ1n) is 6.68. The monoisotopic (exact) mass is 267 g/mol. The first-order valence-corrected chi connectivity index (χ1v) is 7.91. The summed E-state index contributed by atoms with van der Waals surface area (Å²) in [5, 5.41) is 3.65. The van der Waals surface area contributed by atoms with Crippen molar-refractivity contribution < 1.29 is 4.74 Å². The zero-order valence-electron chi connectivity index (χ0n) is 11.7. The predicted octanol–water partition coefficient (Wildman–Crippen LogP) is 3.88. The quantitative estimate of drug-likeness (QED) is 0.542. The Bertz CT molecular complexity index is 330. The van der Waals surface area contributed by atoms with Gasteiger partial charge in [-0.1, -0.05) is 25.1 Å². The molecule has 18 heavy (non-hydrogen) atoms. The van der Waals surface area contributed by atoms with Gasteiger partial charge < -0.3 is 10.1 Å². The summed E-state index contributed by atoms with van der Waals surface area (Å²) < 4.78 is 5.16. The van der Waals surface area contributed by atoms with Gasteiger partial charge in [0.05, 0.1) is 0 Å². The van der Waals surface area contributed by atoms with E-state index in [-0.39, 0.29) is 0 Å². The number of rotatable bonds is 9. The van der Waals surface area contributed by atoms with Gasteiger partial charge >= 0.3 is 0 Å². The van der Waals surface area contributed by atoms with Crippen molar-refractivity contribution in [3.05, 3.63) is 29.8 Å². The average molecular weight is 267 g/mol. The first-order chi connectivity index (χ1) is 8.83. The lowest BCUT2D eigenvalue weighted by molar-refractivity contribution is 0.188. The summed E-state index contributed by atoms with van der Waals surface area (Å²) >= 11 is 1.83. The molecule has 0 spiro atoms. The van der Waals surface area contributed by atoms with Gasteiger partial charge in [-0.3, -0.25) is 0 Å².